The van der Waals surface area contributed by atoms with Crippen LogP contribution in [0.15, 0.2) is 42.6 Å². The van der Waals surface area contributed by atoms with Gasteiger partial charge in [0.05, 0.1) is 24.0 Å². The molecule has 0 spiro atoms. The third-order valence-electron chi connectivity index (χ3n) is 7.56. The van der Waals surface area contributed by atoms with Gasteiger partial charge in [-0.05, 0) is 61.9 Å². The van der Waals surface area contributed by atoms with Crippen LogP contribution in [0.1, 0.15) is 52.9 Å². The van der Waals surface area contributed by atoms with Gasteiger partial charge >= 0.3 is 6.18 Å². The molecule has 3 N–H and O–H groups in total. The number of benzene rings is 2. The summed E-state index contributed by atoms with van der Waals surface area (Å²) in [5.74, 6) is 1.53. The van der Waals surface area contributed by atoms with E-state index >= 15 is 0 Å². The minimum Gasteiger partial charge on any atom is -0.362 e. The summed E-state index contributed by atoms with van der Waals surface area (Å²) < 4.78 is 42.6. The second kappa shape index (κ2) is 9.02. The molecule has 1 atom stereocenters. The Morgan fingerprint density at radius 1 is 1.08 bits per heavy atom. The number of imidazole rings is 1. The summed E-state index contributed by atoms with van der Waals surface area (Å²) in [6, 6.07) is 10.1. The van der Waals surface area contributed by atoms with Gasteiger partial charge in [-0.15, -0.1) is 5.10 Å². The molecule has 2 aliphatic rings. The summed E-state index contributed by atoms with van der Waals surface area (Å²) in [6.07, 6.45) is 0.933. The third-order valence-corrected chi connectivity index (χ3v) is 7.56. The monoisotopic (exact) mass is 507 g/mol. The predicted octanol–water partition coefficient (Wildman–Crippen LogP) is 5.12. The number of halogens is 3. The number of nitrogens with two attached hydrogens (primary N) is 1. The van der Waals surface area contributed by atoms with Crippen molar-refractivity contribution in [1.82, 2.24) is 19.7 Å². The van der Waals surface area contributed by atoms with Crippen molar-refractivity contribution >= 4 is 22.3 Å². The molecule has 6 rings (SSSR count). The Hall–Kier alpha value is -3.66. The van der Waals surface area contributed by atoms with Crippen LogP contribution in [0.2, 0.25) is 0 Å². The Morgan fingerprint density at radius 2 is 1.92 bits per heavy atom. The Kier molecular flexibility index (Phi) is 5.78. The fourth-order valence-electron chi connectivity index (χ4n) is 5.62. The van der Waals surface area contributed by atoms with Crippen LogP contribution in [0.4, 0.5) is 24.7 Å². The van der Waals surface area contributed by atoms with Gasteiger partial charge in [-0.2, -0.15) is 18.3 Å². The van der Waals surface area contributed by atoms with Crippen molar-refractivity contribution in [3.8, 4) is 0 Å². The van der Waals surface area contributed by atoms with Crippen LogP contribution in [0.25, 0.3) is 10.8 Å². The maximum Gasteiger partial charge on any atom is 0.416 e. The van der Waals surface area contributed by atoms with Crippen LogP contribution in [0.5, 0.6) is 0 Å². The number of fused-ring (bicyclic) bond motifs is 4. The first-order valence-corrected chi connectivity index (χ1v) is 12.6. The molecule has 7 nitrogen and oxygen atoms in total. The van der Waals surface area contributed by atoms with E-state index in [1.807, 2.05) is 12.1 Å². The maximum absolute atomic E-state index is 13.4. The van der Waals surface area contributed by atoms with Crippen LogP contribution in [-0.2, 0) is 32.1 Å². The van der Waals surface area contributed by atoms with Gasteiger partial charge in [0.25, 0.3) is 0 Å². The van der Waals surface area contributed by atoms with Gasteiger partial charge in [-0.25, -0.2) is 4.98 Å². The second-order valence-corrected chi connectivity index (χ2v) is 9.81. The van der Waals surface area contributed by atoms with Crippen molar-refractivity contribution in [2.75, 3.05) is 16.8 Å². The number of hydrogen-bond donors (Lipinski definition) is 2. The highest BCUT2D eigenvalue weighted by Crippen LogP contribution is 2.35. The molecule has 0 fully saturated rings. The lowest BCUT2D eigenvalue weighted by Gasteiger charge is -2.31. The molecule has 0 unspecified atom stereocenters. The molecule has 2 aromatic carbocycles. The molecule has 0 saturated carbocycles. The van der Waals surface area contributed by atoms with E-state index in [4.69, 9.17) is 10.7 Å². The van der Waals surface area contributed by atoms with Gasteiger partial charge in [0.2, 0.25) is 0 Å². The fourth-order valence-corrected chi connectivity index (χ4v) is 5.62. The normalized spacial score (nSPS) is 16.4. The molecule has 1 aliphatic carbocycles. The number of aryl methyl sites for hydroxylation is 1. The van der Waals surface area contributed by atoms with Crippen LogP contribution >= 0.6 is 0 Å². The fraction of sp³-hybridized carbons (Fsp3) is 0.370. The van der Waals surface area contributed by atoms with Gasteiger partial charge in [0.1, 0.15) is 12.0 Å². The number of rotatable bonds is 4. The predicted molar refractivity (Wildman–Crippen MR) is 136 cm³/mol. The largest absolute Gasteiger partial charge is 0.416 e. The van der Waals surface area contributed by atoms with Gasteiger partial charge in [-0.1, -0.05) is 18.2 Å². The minimum atomic E-state index is -4.45. The van der Waals surface area contributed by atoms with Crippen molar-refractivity contribution < 1.29 is 13.2 Å². The van der Waals surface area contributed by atoms with E-state index in [0.717, 1.165) is 60.8 Å². The Morgan fingerprint density at radius 3 is 2.76 bits per heavy atom. The lowest BCUT2D eigenvalue weighted by Crippen LogP contribution is -2.34. The average Bonchev–Trinajstić information content (AvgIpc) is 3.26. The first-order chi connectivity index (χ1) is 17.8. The van der Waals surface area contributed by atoms with E-state index in [1.165, 1.54) is 37.2 Å². The zero-order valence-electron chi connectivity index (χ0n) is 20.5. The summed E-state index contributed by atoms with van der Waals surface area (Å²) in [4.78, 5) is 7.24. The zero-order valence-corrected chi connectivity index (χ0v) is 20.5. The van der Waals surface area contributed by atoms with Crippen molar-refractivity contribution in [2.24, 2.45) is 5.73 Å². The van der Waals surface area contributed by atoms with Gasteiger partial charge in [0.15, 0.2) is 5.82 Å². The summed E-state index contributed by atoms with van der Waals surface area (Å²) in [5, 5.41) is 13.1. The van der Waals surface area contributed by atoms with Crippen LogP contribution < -0.4 is 16.0 Å². The number of nitrogens with zero attached hydrogens (tertiary/aromatic N) is 5. The molecular formula is C27H28F3N7. The smallest absolute Gasteiger partial charge is 0.362 e. The highest BCUT2D eigenvalue weighted by atomic mass is 19.4. The van der Waals surface area contributed by atoms with Crippen molar-refractivity contribution in [3.63, 3.8) is 0 Å². The second-order valence-electron chi connectivity index (χ2n) is 9.81. The maximum atomic E-state index is 13.4. The summed E-state index contributed by atoms with van der Waals surface area (Å²) in [6.45, 7) is 3.92. The molecule has 3 heterocycles. The quantitative estimate of drug-likeness (QED) is 0.373. The molecule has 1 aliphatic heterocycles. The van der Waals surface area contributed by atoms with Crippen molar-refractivity contribution in [1.29, 1.82) is 0 Å². The highest BCUT2D eigenvalue weighted by Gasteiger charge is 2.33. The zero-order chi connectivity index (χ0) is 25.7. The van der Waals surface area contributed by atoms with E-state index in [-0.39, 0.29) is 5.56 Å². The molecule has 192 valence electrons. The van der Waals surface area contributed by atoms with Gasteiger partial charge < -0.3 is 20.5 Å². The van der Waals surface area contributed by atoms with Crippen LogP contribution in [0, 0.1) is 6.92 Å². The molecule has 0 bridgehead atoms. The summed E-state index contributed by atoms with van der Waals surface area (Å²) >= 11 is 0. The lowest BCUT2D eigenvalue weighted by molar-refractivity contribution is -0.138. The Balaban J connectivity index is 1.29. The number of aromatic nitrogens is 4. The van der Waals surface area contributed by atoms with E-state index in [9.17, 15) is 13.2 Å². The first-order valence-electron chi connectivity index (χ1n) is 12.6. The number of hydrogen-bond acceptors (Lipinski definition) is 6. The van der Waals surface area contributed by atoms with E-state index < -0.39 is 17.9 Å². The molecule has 10 heteroatoms. The van der Waals surface area contributed by atoms with Gasteiger partial charge in [-0.3, -0.25) is 0 Å². The minimum absolute atomic E-state index is 0.0930. The lowest BCUT2D eigenvalue weighted by atomic mass is 10.00. The molecule has 4 aromatic rings. The number of nitrogens with one attached hydrogen (secondary N) is 1. The van der Waals surface area contributed by atoms with Crippen molar-refractivity contribution in [2.45, 2.75) is 58.0 Å². The van der Waals surface area contributed by atoms with Crippen LogP contribution in [0.3, 0.4) is 0 Å². The molecule has 0 radical (unpaired) electrons. The molecule has 37 heavy (non-hydrogen) atoms. The summed E-state index contributed by atoms with van der Waals surface area (Å²) in [5.41, 5.74) is 9.78. The van der Waals surface area contributed by atoms with Crippen molar-refractivity contribution in [3.05, 3.63) is 76.5 Å². The SMILES string of the molecule is Cc1c([C@@H](N)Nc2nncc3ccc(N4CCn5c(nc6c5CCCC6)C4)cc23)cccc1C(F)(F)F. The number of alkyl halides is 3. The topological polar surface area (TPSA) is 84.9 Å². The standard InChI is InChI=1S/C27H28F3N7/c1-16-19(5-4-6-21(16)27(28,29)30)25(31)34-26-20-13-18(10-9-17(20)14-32-35-26)36-11-12-37-23-8-3-2-7-22(23)33-24(37)15-36/h4-6,9-10,13-14,25H,2-3,7-8,11-12,15,31H2,1H3,(H,34,35)/t25-/m0/s1. The van der Waals surface area contributed by atoms with E-state index in [0.29, 0.717) is 11.4 Å². The first kappa shape index (κ1) is 23.7. The molecular weight excluding hydrogens is 479 g/mol. The average molecular weight is 508 g/mol. The van der Waals surface area contributed by atoms with Gasteiger partial charge in [0, 0.05) is 35.2 Å². The molecule has 0 amide bonds. The number of anilines is 2. The van der Waals surface area contributed by atoms with E-state index in [1.54, 1.807) is 12.3 Å². The third kappa shape index (κ3) is 4.29. The van der Waals surface area contributed by atoms with E-state index in [2.05, 4.69) is 31.0 Å². The Labute approximate surface area is 212 Å². The highest BCUT2D eigenvalue weighted by molar-refractivity contribution is 5.93. The molecule has 2 aromatic heterocycles. The Bertz CT molecular complexity index is 1480. The summed E-state index contributed by atoms with van der Waals surface area (Å²) in [7, 11) is 0. The van der Waals surface area contributed by atoms with Crippen LogP contribution in [-0.4, -0.2) is 26.3 Å². The molecule has 0 saturated heterocycles.